The van der Waals surface area contributed by atoms with Crippen molar-refractivity contribution in [1.82, 2.24) is 0 Å². The summed E-state index contributed by atoms with van der Waals surface area (Å²) in [5, 5.41) is 0. The quantitative estimate of drug-likeness (QED) is 0.494. The van der Waals surface area contributed by atoms with Gasteiger partial charge in [0.25, 0.3) is 0 Å². The van der Waals surface area contributed by atoms with Gasteiger partial charge in [0.15, 0.2) is 0 Å². The topological polar surface area (TPSA) is 0 Å². The molecule has 0 aromatic heterocycles. The van der Waals surface area contributed by atoms with Gasteiger partial charge in [-0.25, -0.2) is 4.39 Å². The molecule has 0 atom stereocenters. The first-order valence-corrected chi connectivity index (χ1v) is 3.69. The maximum atomic E-state index is 12.4. The minimum Gasteiger partial charge on any atom is -0.445 e. The van der Waals surface area contributed by atoms with E-state index in [0.29, 0.717) is 6.07 Å². The third-order valence-electron chi connectivity index (χ3n) is 1.67. The summed E-state index contributed by atoms with van der Waals surface area (Å²) in [6, 6.07) is 0.280. The Kier molecular flexibility index (Phi) is 5.53. The van der Waals surface area contributed by atoms with E-state index in [9.17, 15) is 30.5 Å². The molecule has 0 fully saturated rings. The van der Waals surface area contributed by atoms with Crippen LogP contribution in [0.1, 0.15) is 5.56 Å². The molecule has 0 N–H and O–H groups in total. The molecule has 0 spiro atoms. The number of benzene rings is 1. The molecule has 0 nitrogen and oxygen atoms in total. The first-order valence-electron chi connectivity index (χ1n) is 3.69. The molecule has 84 valence electrons. The Balaban J connectivity index is 0.00000225. The molecule has 0 saturated carbocycles. The van der Waals surface area contributed by atoms with Gasteiger partial charge in [0.1, 0.15) is 5.82 Å². The van der Waals surface area contributed by atoms with Gasteiger partial charge in [0, 0.05) is 5.56 Å². The molecule has 0 heterocycles. The van der Waals surface area contributed by atoms with E-state index in [1.807, 2.05) is 0 Å². The van der Waals surface area contributed by atoms with Gasteiger partial charge < -0.3 is 12.9 Å². The fourth-order valence-electron chi connectivity index (χ4n) is 1.06. The fourth-order valence-corrected chi connectivity index (χ4v) is 1.06. The summed E-state index contributed by atoms with van der Waals surface area (Å²) in [5.41, 5.74) is -3.82. The maximum absolute atomic E-state index is 12.4. The summed E-state index contributed by atoms with van der Waals surface area (Å²) in [5.74, 6) is -1.36. The van der Waals surface area contributed by atoms with E-state index in [4.69, 9.17) is 0 Å². The van der Waals surface area contributed by atoms with Crippen LogP contribution in [0.15, 0.2) is 18.2 Å². The molecular weight excluding hydrogens is 267 g/mol. The zero-order valence-corrected chi connectivity index (χ0v) is 11.1. The summed E-state index contributed by atoms with van der Waals surface area (Å²) >= 11 is 0. The van der Waals surface area contributed by atoms with Gasteiger partial charge >= 0.3 is 64.5 Å². The Morgan fingerprint density at radius 1 is 1.00 bits per heavy atom. The Morgan fingerprint density at radius 2 is 1.50 bits per heavy atom. The van der Waals surface area contributed by atoms with Crippen LogP contribution >= 0.6 is 0 Å². The van der Waals surface area contributed by atoms with Crippen LogP contribution in [0.3, 0.4) is 0 Å². The molecular formula is C7H3BF7K. The SMILES string of the molecule is Fc1ccc([B-](F)(F)F)c(C(F)(F)F)c1.[K+]. The molecule has 0 aliphatic carbocycles. The molecule has 1 aromatic rings. The van der Waals surface area contributed by atoms with Crippen molar-refractivity contribution in [2.45, 2.75) is 6.18 Å². The van der Waals surface area contributed by atoms with E-state index in [2.05, 4.69) is 0 Å². The minimum absolute atomic E-state index is 0. The van der Waals surface area contributed by atoms with Crippen LogP contribution in [-0.2, 0) is 6.18 Å². The van der Waals surface area contributed by atoms with E-state index >= 15 is 0 Å². The predicted molar refractivity (Wildman–Crippen MR) is 40.1 cm³/mol. The van der Waals surface area contributed by atoms with E-state index in [-0.39, 0.29) is 63.5 Å². The molecule has 1 aromatic carbocycles. The number of hydrogen-bond donors (Lipinski definition) is 0. The molecule has 0 amide bonds. The van der Waals surface area contributed by atoms with Crippen molar-refractivity contribution < 1.29 is 81.9 Å². The number of rotatable bonds is 1. The van der Waals surface area contributed by atoms with Crippen molar-refractivity contribution in [1.29, 1.82) is 0 Å². The molecule has 0 unspecified atom stereocenters. The molecule has 16 heavy (non-hydrogen) atoms. The Morgan fingerprint density at radius 3 is 1.88 bits per heavy atom. The van der Waals surface area contributed by atoms with Crippen molar-refractivity contribution in [2.24, 2.45) is 0 Å². The molecule has 0 aliphatic rings. The van der Waals surface area contributed by atoms with Crippen molar-refractivity contribution >= 4 is 12.4 Å². The number of halogens is 7. The van der Waals surface area contributed by atoms with Gasteiger partial charge in [-0.1, -0.05) is 11.5 Å². The van der Waals surface area contributed by atoms with Crippen molar-refractivity contribution in [3.05, 3.63) is 29.6 Å². The van der Waals surface area contributed by atoms with Crippen LogP contribution in [0.2, 0.25) is 0 Å². The first kappa shape index (κ1) is 16.4. The minimum atomic E-state index is -5.80. The molecule has 0 bridgehead atoms. The van der Waals surface area contributed by atoms with Crippen LogP contribution in [0.5, 0.6) is 0 Å². The largest absolute Gasteiger partial charge is 1.00 e. The van der Waals surface area contributed by atoms with Crippen LogP contribution in [-0.4, -0.2) is 6.98 Å². The number of hydrogen-bond acceptors (Lipinski definition) is 0. The smallest absolute Gasteiger partial charge is 0.445 e. The first-order chi connectivity index (χ1) is 6.62. The summed E-state index contributed by atoms with van der Waals surface area (Å²) < 4.78 is 85.2. The number of alkyl halides is 3. The average Bonchev–Trinajstić information content (AvgIpc) is 2.00. The zero-order valence-electron chi connectivity index (χ0n) is 7.96. The van der Waals surface area contributed by atoms with Gasteiger partial charge in [-0.3, -0.25) is 0 Å². The Bertz CT molecular complexity index is 370. The van der Waals surface area contributed by atoms with Crippen LogP contribution < -0.4 is 56.8 Å². The van der Waals surface area contributed by atoms with Crippen molar-refractivity contribution in [3.8, 4) is 0 Å². The second-order valence-electron chi connectivity index (χ2n) is 2.80. The van der Waals surface area contributed by atoms with E-state index in [1.165, 1.54) is 0 Å². The van der Waals surface area contributed by atoms with Crippen LogP contribution in [0, 0.1) is 5.82 Å². The Labute approximate surface area is 129 Å². The van der Waals surface area contributed by atoms with Gasteiger partial charge in [0.05, 0.1) is 0 Å². The summed E-state index contributed by atoms with van der Waals surface area (Å²) in [4.78, 5) is 0. The standard InChI is InChI=1S/C7H3BF7.K/c9-4-1-2-6(8(13,14)15)5(3-4)7(10,11)12;/h1-3H;/q-1;+1. The normalized spacial score (nSPS) is 12.2. The van der Waals surface area contributed by atoms with Crippen LogP contribution in [0.25, 0.3) is 0 Å². The van der Waals surface area contributed by atoms with E-state index in [1.54, 1.807) is 0 Å². The Hall–Kier alpha value is 0.431. The third kappa shape index (κ3) is 4.03. The monoisotopic (exact) mass is 270 g/mol. The average molecular weight is 270 g/mol. The second-order valence-corrected chi connectivity index (χ2v) is 2.80. The molecule has 9 heteroatoms. The third-order valence-corrected chi connectivity index (χ3v) is 1.67. The summed E-state index contributed by atoms with van der Waals surface area (Å²) in [7, 11) is 0. The zero-order chi connectivity index (χ0) is 11.9. The van der Waals surface area contributed by atoms with Gasteiger partial charge in [-0.15, -0.1) is 0 Å². The van der Waals surface area contributed by atoms with Gasteiger partial charge in [-0.05, 0) is 12.1 Å². The van der Waals surface area contributed by atoms with E-state index < -0.39 is 30.0 Å². The van der Waals surface area contributed by atoms with Gasteiger partial charge in [0.2, 0.25) is 0 Å². The van der Waals surface area contributed by atoms with E-state index in [0.717, 1.165) is 0 Å². The van der Waals surface area contributed by atoms with Crippen molar-refractivity contribution in [3.63, 3.8) is 0 Å². The maximum Gasteiger partial charge on any atom is 1.00 e. The van der Waals surface area contributed by atoms with Gasteiger partial charge in [-0.2, -0.15) is 13.2 Å². The van der Waals surface area contributed by atoms with Crippen LogP contribution in [0.4, 0.5) is 30.5 Å². The summed E-state index contributed by atoms with van der Waals surface area (Å²) in [6.07, 6.45) is -5.21. The molecule has 0 aliphatic heterocycles. The molecule has 0 saturated heterocycles. The summed E-state index contributed by atoms with van der Waals surface area (Å²) in [6.45, 7) is -5.80. The molecule has 0 radical (unpaired) electrons. The fraction of sp³-hybridized carbons (Fsp3) is 0.143. The second kappa shape index (κ2) is 5.38. The van der Waals surface area contributed by atoms with Crippen molar-refractivity contribution in [2.75, 3.05) is 0 Å². The predicted octanol–water partition coefficient (Wildman–Crippen LogP) is -0.0971. The molecule has 1 rings (SSSR count).